The van der Waals surface area contributed by atoms with Crippen LogP contribution in [-0.4, -0.2) is 32.9 Å². The van der Waals surface area contributed by atoms with E-state index in [2.05, 4.69) is 0 Å². The second-order valence-corrected chi connectivity index (χ2v) is 8.12. The van der Waals surface area contributed by atoms with E-state index in [1.54, 1.807) is 24.1 Å². The number of amides is 1. The summed E-state index contributed by atoms with van der Waals surface area (Å²) >= 11 is 0. The van der Waals surface area contributed by atoms with Gasteiger partial charge in [-0.25, -0.2) is 13.6 Å². The molecule has 0 aliphatic heterocycles. The Balaban J connectivity index is 1.83. The zero-order chi connectivity index (χ0) is 20.0. The third-order valence-corrected chi connectivity index (χ3v) is 5.42. The molecule has 6 nitrogen and oxygen atoms in total. The van der Waals surface area contributed by atoms with Crippen molar-refractivity contribution in [3.05, 3.63) is 59.7 Å². The third-order valence-electron chi connectivity index (χ3n) is 4.49. The maximum Gasteiger partial charge on any atom is 0.238 e. The first-order valence-electron chi connectivity index (χ1n) is 8.76. The first-order chi connectivity index (χ1) is 12.7. The van der Waals surface area contributed by atoms with Crippen LogP contribution < -0.4 is 9.88 Å². The fraction of sp³-hybridized carbons (Fsp3) is 0.350. The SMILES string of the molecule is Cc1ccc(OCCCC(=O)N(C)[C@@H](C)c2ccc(S(N)(=O)=O)cc2)cc1. The van der Waals surface area contributed by atoms with Gasteiger partial charge in [0.15, 0.2) is 0 Å². The van der Waals surface area contributed by atoms with E-state index >= 15 is 0 Å². The minimum absolute atomic E-state index is 0.00512. The van der Waals surface area contributed by atoms with Gasteiger partial charge in [-0.1, -0.05) is 29.8 Å². The van der Waals surface area contributed by atoms with Crippen LogP contribution in [0.25, 0.3) is 0 Å². The van der Waals surface area contributed by atoms with E-state index in [0.29, 0.717) is 19.4 Å². The van der Waals surface area contributed by atoms with Crippen LogP contribution in [0.2, 0.25) is 0 Å². The molecule has 0 aromatic heterocycles. The van der Waals surface area contributed by atoms with Gasteiger partial charge >= 0.3 is 0 Å². The van der Waals surface area contributed by atoms with Gasteiger partial charge in [0, 0.05) is 13.5 Å². The van der Waals surface area contributed by atoms with E-state index in [1.807, 2.05) is 38.1 Å². The van der Waals surface area contributed by atoms with Gasteiger partial charge < -0.3 is 9.64 Å². The molecule has 2 aromatic rings. The van der Waals surface area contributed by atoms with E-state index < -0.39 is 10.0 Å². The van der Waals surface area contributed by atoms with E-state index in [-0.39, 0.29) is 16.8 Å². The molecular formula is C20H26N2O4S. The molecule has 0 aliphatic rings. The number of sulfonamides is 1. The number of hydrogen-bond acceptors (Lipinski definition) is 4. The molecule has 0 unspecified atom stereocenters. The predicted octanol–water partition coefficient (Wildman–Crippen LogP) is 3.02. The summed E-state index contributed by atoms with van der Waals surface area (Å²) in [5.41, 5.74) is 2.01. The van der Waals surface area contributed by atoms with Gasteiger partial charge in [0.2, 0.25) is 15.9 Å². The first-order valence-corrected chi connectivity index (χ1v) is 10.3. The molecule has 0 aliphatic carbocycles. The number of benzene rings is 2. The van der Waals surface area contributed by atoms with Crippen LogP contribution >= 0.6 is 0 Å². The Hall–Kier alpha value is -2.38. The Morgan fingerprint density at radius 2 is 1.70 bits per heavy atom. The van der Waals surface area contributed by atoms with Crippen LogP contribution in [0.15, 0.2) is 53.4 Å². The van der Waals surface area contributed by atoms with Crippen molar-refractivity contribution in [3.63, 3.8) is 0 Å². The molecule has 27 heavy (non-hydrogen) atoms. The molecule has 1 amide bonds. The molecule has 0 bridgehead atoms. The number of aryl methyl sites for hydroxylation is 1. The smallest absolute Gasteiger partial charge is 0.238 e. The zero-order valence-corrected chi connectivity index (χ0v) is 16.7. The number of ether oxygens (including phenoxy) is 1. The molecule has 2 rings (SSSR count). The van der Waals surface area contributed by atoms with Crippen LogP contribution in [0.3, 0.4) is 0 Å². The fourth-order valence-corrected chi connectivity index (χ4v) is 3.12. The van der Waals surface area contributed by atoms with Gasteiger partial charge in [0.1, 0.15) is 5.75 Å². The van der Waals surface area contributed by atoms with Crippen molar-refractivity contribution in [2.75, 3.05) is 13.7 Å². The van der Waals surface area contributed by atoms with Gasteiger partial charge in [-0.2, -0.15) is 0 Å². The van der Waals surface area contributed by atoms with E-state index in [9.17, 15) is 13.2 Å². The Kier molecular flexibility index (Phi) is 6.98. The lowest BCUT2D eigenvalue weighted by molar-refractivity contribution is -0.132. The van der Waals surface area contributed by atoms with Crippen LogP contribution in [0, 0.1) is 6.92 Å². The molecule has 0 spiro atoms. The second kappa shape index (κ2) is 9.01. The molecule has 0 radical (unpaired) electrons. The fourth-order valence-electron chi connectivity index (χ4n) is 2.60. The normalized spacial score (nSPS) is 12.4. The summed E-state index contributed by atoms with van der Waals surface area (Å²) in [6.45, 7) is 4.38. The van der Waals surface area contributed by atoms with Crippen LogP contribution in [-0.2, 0) is 14.8 Å². The lowest BCUT2D eigenvalue weighted by Gasteiger charge is -2.25. The third kappa shape index (κ3) is 6.08. The van der Waals surface area contributed by atoms with Gasteiger partial charge in [0.05, 0.1) is 17.5 Å². The summed E-state index contributed by atoms with van der Waals surface area (Å²) in [4.78, 5) is 14.1. The number of rotatable bonds is 8. The van der Waals surface area contributed by atoms with E-state index in [1.165, 1.54) is 17.7 Å². The summed E-state index contributed by atoms with van der Waals surface area (Å²) < 4.78 is 28.3. The molecule has 1 atom stereocenters. The van der Waals surface area contributed by atoms with Crippen LogP contribution in [0.4, 0.5) is 0 Å². The molecule has 7 heteroatoms. The molecule has 0 saturated carbocycles. The van der Waals surface area contributed by atoms with Crippen molar-refractivity contribution in [2.24, 2.45) is 5.14 Å². The first kappa shape index (κ1) is 20.9. The molecule has 0 saturated heterocycles. The summed E-state index contributed by atoms with van der Waals surface area (Å²) in [6, 6.07) is 13.9. The average molecular weight is 391 g/mol. The van der Waals surface area contributed by atoms with Crippen LogP contribution in [0.1, 0.15) is 36.9 Å². The summed E-state index contributed by atoms with van der Waals surface area (Å²) in [6.07, 6.45) is 0.996. The van der Waals surface area contributed by atoms with Crippen molar-refractivity contribution in [1.29, 1.82) is 0 Å². The molecule has 146 valence electrons. The minimum atomic E-state index is -3.72. The van der Waals surface area contributed by atoms with Gasteiger partial charge in [-0.15, -0.1) is 0 Å². The Labute approximate surface area is 161 Å². The second-order valence-electron chi connectivity index (χ2n) is 6.56. The van der Waals surface area contributed by atoms with E-state index in [0.717, 1.165) is 11.3 Å². The summed E-state index contributed by atoms with van der Waals surface area (Å²) in [5, 5.41) is 5.10. The highest BCUT2D eigenvalue weighted by Gasteiger charge is 2.18. The Morgan fingerprint density at radius 3 is 2.26 bits per heavy atom. The zero-order valence-electron chi connectivity index (χ0n) is 15.9. The number of hydrogen-bond donors (Lipinski definition) is 1. The van der Waals surface area contributed by atoms with Crippen molar-refractivity contribution in [1.82, 2.24) is 4.90 Å². The molecule has 0 fully saturated rings. The predicted molar refractivity (Wildman–Crippen MR) is 105 cm³/mol. The number of nitrogens with two attached hydrogens (primary N) is 1. The lowest BCUT2D eigenvalue weighted by atomic mass is 10.1. The molecule has 2 N–H and O–H groups in total. The van der Waals surface area contributed by atoms with Crippen LogP contribution in [0.5, 0.6) is 5.75 Å². The van der Waals surface area contributed by atoms with Crippen molar-refractivity contribution < 1.29 is 17.9 Å². The highest BCUT2D eigenvalue weighted by Crippen LogP contribution is 2.21. The average Bonchev–Trinajstić information content (AvgIpc) is 2.64. The summed E-state index contributed by atoms with van der Waals surface area (Å²) in [5.74, 6) is 0.801. The molecular weight excluding hydrogens is 364 g/mol. The highest BCUT2D eigenvalue weighted by molar-refractivity contribution is 7.89. The number of carbonyl (C=O) groups excluding carboxylic acids is 1. The Morgan fingerprint density at radius 1 is 1.11 bits per heavy atom. The van der Waals surface area contributed by atoms with Gasteiger partial charge in [0.25, 0.3) is 0 Å². The monoisotopic (exact) mass is 390 g/mol. The van der Waals surface area contributed by atoms with Crippen molar-refractivity contribution in [2.45, 2.75) is 37.6 Å². The standard InChI is InChI=1S/C20H26N2O4S/c1-15-6-10-18(11-7-15)26-14-4-5-20(23)22(3)16(2)17-8-12-19(13-9-17)27(21,24)25/h6-13,16H,4-5,14H2,1-3H3,(H2,21,24,25)/t16-/m0/s1. The van der Waals surface area contributed by atoms with Gasteiger partial charge in [-0.05, 0) is 50.1 Å². The summed E-state index contributed by atoms with van der Waals surface area (Å²) in [7, 11) is -1.98. The van der Waals surface area contributed by atoms with Crippen molar-refractivity contribution >= 4 is 15.9 Å². The quantitative estimate of drug-likeness (QED) is 0.702. The lowest BCUT2D eigenvalue weighted by Crippen LogP contribution is -2.29. The van der Waals surface area contributed by atoms with Crippen molar-refractivity contribution in [3.8, 4) is 5.75 Å². The molecule has 0 heterocycles. The minimum Gasteiger partial charge on any atom is -0.494 e. The largest absolute Gasteiger partial charge is 0.494 e. The van der Waals surface area contributed by atoms with Gasteiger partial charge in [-0.3, -0.25) is 4.79 Å². The number of carbonyl (C=O) groups is 1. The Bertz CT molecular complexity index is 862. The number of nitrogens with zero attached hydrogens (tertiary/aromatic N) is 1. The molecule has 2 aromatic carbocycles. The maximum atomic E-state index is 12.4. The van der Waals surface area contributed by atoms with E-state index in [4.69, 9.17) is 9.88 Å². The number of primary sulfonamides is 1. The highest BCUT2D eigenvalue weighted by atomic mass is 32.2. The maximum absolute atomic E-state index is 12.4. The topological polar surface area (TPSA) is 89.7 Å².